The molecule has 2 aromatic carbocycles. The molecule has 0 unspecified atom stereocenters. The molecule has 27 heavy (non-hydrogen) atoms. The van der Waals surface area contributed by atoms with Crippen molar-refractivity contribution in [1.29, 1.82) is 10.5 Å². The van der Waals surface area contributed by atoms with Gasteiger partial charge in [-0.2, -0.15) is 10.5 Å². The van der Waals surface area contributed by atoms with Gasteiger partial charge in [-0.05, 0) is 46.9 Å². The third kappa shape index (κ3) is 6.90. The summed E-state index contributed by atoms with van der Waals surface area (Å²) in [5.41, 5.74) is 15.3. The first-order valence-corrected chi connectivity index (χ1v) is 12.2. The molecule has 138 valence electrons. The van der Waals surface area contributed by atoms with Crippen LogP contribution in [0.4, 0.5) is 20.2 Å². The number of benzene rings is 2. The Morgan fingerprint density at radius 2 is 1.33 bits per heavy atom. The van der Waals surface area contributed by atoms with E-state index < -0.39 is 19.7 Å². The molecule has 0 saturated heterocycles. The minimum atomic E-state index is -1.50. The second-order valence-corrected chi connectivity index (χ2v) is 12.4. The van der Waals surface area contributed by atoms with Crippen LogP contribution in [0, 0.1) is 49.3 Å². The van der Waals surface area contributed by atoms with Gasteiger partial charge >= 0.3 is 0 Å². The van der Waals surface area contributed by atoms with Crippen LogP contribution in [0.25, 0.3) is 0 Å². The first-order valence-electron chi connectivity index (χ1n) is 7.65. The van der Waals surface area contributed by atoms with E-state index in [4.69, 9.17) is 22.0 Å². The van der Waals surface area contributed by atoms with E-state index >= 15 is 0 Å². The Balaban J connectivity index is 0.000000289. The summed E-state index contributed by atoms with van der Waals surface area (Å²) in [5, 5.41) is 17.1. The summed E-state index contributed by atoms with van der Waals surface area (Å²) in [7, 11) is -1.50. The third-order valence-corrected chi connectivity index (χ3v) is 4.85. The number of nitrogen functional groups attached to an aromatic ring is 2. The normalized spacial score (nSPS) is 9.78. The molecule has 0 bridgehead atoms. The fourth-order valence-corrected chi connectivity index (χ4v) is 2.66. The maximum Gasteiger partial charge on any atom is 0.143 e. The number of hydrogen-bond acceptors (Lipinski definition) is 4. The van der Waals surface area contributed by atoms with Crippen molar-refractivity contribution in [1.82, 2.24) is 0 Å². The van der Waals surface area contributed by atoms with Gasteiger partial charge in [0, 0.05) is 14.8 Å². The number of nitriles is 2. The Morgan fingerprint density at radius 1 is 0.852 bits per heavy atom. The molecule has 0 aliphatic heterocycles. The minimum Gasteiger partial charge on any atom is -0.398 e. The molecule has 0 aliphatic carbocycles. The molecule has 4 nitrogen and oxygen atoms in total. The SMILES string of the molecule is C[Si](C)(C)C#Cc1cc(C#N)c(F)cc1N.N#Cc1cc(I)c(N)cc1F. The lowest BCUT2D eigenvalue weighted by Crippen LogP contribution is -2.16. The molecule has 2 aromatic rings. The van der Waals surface area contributed by atoms with E-state index in [1.54, 1.807) is 12.1 Å². The van der Waals surface area contributed by atoms with Gasteiger partial charge in [0.1, 0.15) is 31.8 Å². The second kappa shape index (κ2) is 9.36. The molecule has 0 spiro atoms. The van der Waals surface area contributed by atoms with Gasteiger partial charge in [0.15, 0.2) is 0 Å². The largest absolute Gasteiger partial charge is 0.398 e. The Morgan fingerprint density at radius 3 is 1.81 bits per heavy atom. The summed E-state index contributed by atoms with van der Waals surface area (Å²) < 4.78 is 26.6. The van der Waals surface area contributed by atoms with E-state index in [9.17, 15) is 8.78 Å². The summed E-state index contributed by atoms with van der Waals surface area (Å²) in [6.45, 7) is 6.31. The maximum absolute atomic E-state index is 13.2. The Kier molecular flexibility index (Phi) is 7.77. The summed E-state index contributed by atoms with van der Waals surface area (Å²) in [4.78, 5) is 0. The summed E-state index contributed by atoms with van der Waals surface area (Å²) in [6, 6.07) is 8.62. The maximum atomic E-state index is 13.2. The van der Waals surface area contributed by atoms with Crippen LogP contribution in [0.1, 0.15) is 16.7 Å². The van der Waals surface area contributed by atoms with E-state index in [2.05, 4.69) is 31.1 Å². The zero-order chi connectivity index (χ0) is 20.8. The monoisotopic (exact) mass is 494 g/mol. The van der Waals surface area contributed by atoms with Crippen molar-refractivity contribution in [2.75, 3.05) is 11.5 Å². The first kappa shape index (κ1) is 22.4. The highest BCUT2D eigenvalue weighted by molar-refractivity contribution is 14.1. The number of anilines is 2. The molecule has 4 N–H and O–H groups in total. The number of hydrogen-bond donors (Lipinski definition) is 2. The Labute approximate surface area is 171 Å². The molecule has 0 aliphatic rings. The van der Waals surface area contributed by atoms with Crippen molar-refractivity contribution in [2.45, 2.75) is 19.6 Å². The quantitative estimate of drug-likeness (QED) is 0.246. The Hall–Kier alpha value is -2.61. The topological polar surface area (TPSA) is 99.6 Å². The Bertz CT molecular complexity index is 1010. The molecule has 0 saturated carbocycles. The average molecular weight is 494 g/mol. The predicted molar refractivity (Wildman–Crippen MR) is 114 cm³/mol. The predicted octanol–water partition coefficient (Wildman–Crippen LogP) is 4.39. The van der Waals surface area contributed by atoms with Crippen molar-refractivity contribution in [3.63, 3.8) is 0 Å². The van der Waals surface area contributed by atoms with Gasteiger partial charge in [-0.25, -0.2) is 8.78 Å². The van der Waals surface area contributed by atoms with E-state index in [1.807, 2.05) is 22.6 Å². The van der Waals surface area contributed by atoms with Gasteiger partial charge in [0.25, 0.3) is 0 Å². The van der Waals surface area contributed by atoms with Crippen molar-refractivity contribution < 1.29 is 8.78 Å². The first-order chi connectivity index (χ1) is 12.5. The molecule has 2 rings (SSSR count). The fraction of sp³-hybridized carbons (Fsp3) is 0.158. The van der Waals surface area contributed by atoms with Gasteiger partial charge in [0.05, 0.1) is 16.8 Å². The van der Waals surface area contributed by atoms with Crippen LogP contribution in [-0.4, -0.2) is 8.07 Å². The minimum absolute atomic E-state index is 0.0194. The van der Waals surface area contributed by atoms with Crippen molar-refractivity contribution >= 4 is 42.0 Å². The molecule has 8 heteroatoms. The molecule has 0 amide bonds. The summed E-state index contributed by atoms with van der Waals surface area (Å²) in [5.74, 6) is 1.76. The van der Waals surface area contributed by atoms with Crippen LogP contribution < -0.4 is 11.5 Å². The lowest BCUT2D eigenvalue weighted by atomic mass is 10.1. The number of nitrogens with zero attached hydrogens (tertiary/aromatic N) is 2. The van der Waals surface area contributed by atoms with Crippen molar-refractivity contribution in [2.24, 2.45) is 0 Å². The van der Waals surface area contributed by atoms with Crippen LogP contribution in [0.3, 0.4) is 0 Å². The molecular formula is C19H17F2IN4Si. The summed E-state index contributed by atoms with van der Waals surface area (Å²) in [6.07, 6.45) is 0. The molecule has 0 aromatic heterocycles. The third-order valence-electron chi connectivity index (χ3n) is 3.04. The van der Waals surface area contributed by atoms with Gasteiger partial charge in [-0.1, -0.05) is 25.6 Å². The van der Waals surface area contributed by atoms with Crippen LogP contribution in [0.2, 0.25) is 19.6 Å². The van der Waals surface area contributed by atoms with E-state index in [-0.39, 0.29) is 16.8 Å². The smallest absolute Gasteiger partial charge is 0.143 e. The van der Waals surface area contributed by atoms with E-state index in [0.717, 1.165) is 12.1 Å². The molecule has 0 atom stereocenters. The number of nitrogens with two attached hydrogens (primary N) is 2. The second-order valence-electron chi connectivity index (χ2n) is 6.50. The van der Waals surface area contributed by atoms with Crippen molar-refractivity contribution in [3.8, 4) is 23.6 Å². The van der Waals surface area contributed by atoms with Gasteiger partial charge in [-0.3, -0.25) is 0 Å². The highest BCUT2D eigenvalue weighted by atomic mass is 127. The lowest BCUT2D eigenvalue weighted by molar-refractivity contribution is 0.624. The molecule has 0 fully saturated rings. The van der Waals surface area contributed by atoms with Crippen LogP contribution >= 0.6 is 22.6 Å². The van der Waals surface area contributed by atoms with Crippen LogP contribution in [-0.2, 0) is 0 Å². The van der Waals surface area contributed by atoms with Gasteiger partial charge < -0.3 is 11.5 Å². The van der Waals surface area contributed by atoms with Crippen LogP contribution in [0.5, 0.6) is 0 Å². The zero-order valence-corrected chi connectivity index (χ0v) is 18.1. The molecule has 0 heterocycles. The highest BCUT2D eigenvalue weighted by Gasteiger charge is 2.09. The van der Waals surface area contributed by atoms with E-state index in [0.29, 0.717) is 14.8 Å². The lowest BCUT2D eigenvalue weighted by Gasteiger charge is -2.05. The highest BCUT2D eigenvalue weighted by Crippen LogP contribution is 2.19. The number of halogens is 3. The molecule has 0 radical (unpaired) electrons. The van der Waals surface area contributed by atoms with Crippen molar-refractivity contribution in [3.05, 3.63) is 56.2 Å². The summed E-state index contributed by atoms with van der Waals surface area (Å²) >= 11 is 1.95. The molecular weight excluding hydrogens is 477 g/mol. The number of rotatable bonds is 0. The zero-order valence-electron chi connectivity index (χ0n) is 15.0. The van der Waals surface area contributed by atoms with Crippen LogP contribution in [0.15, 0.2) is 24.3 Å². The fourth-order valence-electron chi connectivity index (χ4n) is 1.69. The van der Waals surface area contributed by atoms with Gasteiger partial charge in [0.2, 0.25) is 0 Å². The van der Waals surface area contributed by atoms with E-state index in [1.165, 1.54) is 12.1 Å². The standard InChI is InChI=1S/C12H13FN2Si.C7H4FIN2/c1-16(2,3)5-4-9-6-10(8-14)11(13)7-12(9)15;8-5-2-7(11)6(9)1-4(5)3-10/h6-7H,15H2,1-3H3;1-2H,11H2. The average Bonchev–Trinajstić information content (AvgIpc) is 2.57. The van der Waals surface area contributed by atoms with Gasteiger partial charge in [-0.15, -0.1) is 5.54 Å².